The van der Waals surface area contributed by atoms with E-state index >= 15 is 0 Å². The van der Waals surface area contributed by atoms with E-state index in [9.17, 15) is 13.2 Å². The number of sulfonamides is 1. The summed E-state index contributed by atoms with van der Waals surface area (Å²) in [7, 11) is -2.24. The zero-order valence-corrected chi connectivity index (χ0v) is 18.4. The summed E-state index contributed by atoms with van der Waals surface area (Å²) in [5.74, 6) is -0.299. The van der Waals surface area contributed by atoms with Crippen LogP contribution in [0.4, 0.5) is 5.69 Å². The molecule has 1 aliphatic rings. The topological polar surface area (TPSA) is 73.0 Å². The van der Waals surface area contributed by atoms with Crippen molar-refractivity contribution in [1.29, 1.82) is 0 Å². The molecule has 3 rings (SSSR count). The smallest absolute Gasteiger partial charge is 0.243 e. The Morgan fingerprint density at radius 2 is 1.57 bits per heavy atom. The maximum Gasteiger partial charge on any atom is 0.243 e. The quantitative estimate of drug-likeness (QED) is 0.689. The highest BCUT2D eigenvalue weighted by Crippen LogP contribution is 2.16. The van der Waals surface area contributed by atoms with Crippen LogP contribution in [0.5, 0.6) is 0 Å². The summed E-state index contributed by atoms with van der Waals surface area (Å²) in [6.07, 6.45) is 0. The summed E-state index contributed by atoms with van der Waals surface area (Å²) in [4.78, 5) is 17.2. The number of piperazine rings is 1. The second-order valence-electron chi connectivity index (χ2n) is 7.59. The van der Waals surface area contributed by atoms with Crippen molar-refractivity contribution in [2.24, 2.45) is 0 Å². The summed E-state index contributed by atoms with van der Waals surface area (Å²) < 4.78 is 26.2. The fraction of sp³-hybridized carbons (Fsp3) is 0.409. The van der Waals surface area contributed by atoms with Gasteiger partial charge in [-0.05, 0) is 31.2 Å². The molecule has 1 unspecified atom stereocenters. The molecule has 2 aromatic carbocycles. The standard InChI is InChI=1S/C22H30N4O3S/c1-19(25-13-15-26(16-14-25)20-9-5-3-6-10-20)17-23-22(27)18-24(2)30(28,29)21-11-7-4-8-12-21/h3-12,19H,13-18H2,1-2H3,(H,23,27). The first-order valence-electron chi connectivity index (χ1n) is 10.2. The van der Waals surface area contributed by atoms with Gasteiger partial charge in [0.2, 0.25) is 15.9 Å². The Balaban J connectivity index is 1.43. The van der Waals surface area contributed by atoms with E-state index in [0.29, 0.717) is 6.54 Å². The van der Waals surface area contributed by atoms with Crippen molar-refractivity contribution in [3.63, 3.8) is 0 Å². The van der Waals surface area contributed by atoms with Gasteiger partial charge >= 0.3 is 0 Å². The van der Waals surface area contributed by atoms with Crippen molar-refractivity contribution in [3.05, 3.63) is 60.7 Å². The third-order valence-electron chi connectivity index (χ3n) is 5.47. The third kappa shape index (κ3) is 5.59. The predicted molar refractivity (Wildman–Crippen MR) is 119 cm³/mol. The van der Waals surface area contributed by atoms with Gasteiger partial charge in [0.1, 0.15) is 0 Å². The second kappa shape index (κ2) is 10.1. The summed E-state index contributed by atoms with van der Waals surface area (Å²) in [5, 5.41) is 2.88. The molecular formula is C22H30N4O3S. The van der Waals surface area contributed by atoms with Gasteiger partial charge in [-0.3, -0.25) is 9.69 Å². The van der Waals surface area contributed by atoms with Gasteiger partial charge in [-0.2, -0.15) is 4.31 Å². The molecule has 0 aromatic heterocycles. The molecule has 0 radical (unpaired) electrons. The average molecular weight is 431 g/mol. The first-order valence-corrected chi connectivity index (χ1v) is 11.6. The first-order chi connectivity index (χ1) is 14.4. The average Bonchev–Trinajstić information content (AvgIpc) is 2.78. The lowest BCUT2D eigenvalue weighted by Gasteiger charge is -2.39. The van der Waals surface area contributed by atoms with Crippen LogP contribution in [0.2, 0.25) is 0 Å². The molecule has 1 heterocycles. The van der Waals surface area contributed by atoms with Crippen LogP contribution in [0.1, 0.15) is 6.92 Å². The number of rotatable bonds is 8. The number of nitrogens with one attached hydrogen (secondary N) is 1. The van der Waals surface area contributed by atoms with Gasteiger partial charge in [0, 0.05) is 51.5 Å². The Bertz CT molecular complexity index is 914. The Kier molecular flexibility index (Phi) is 7.47. The van der Waals surface area contributed by atoms with Crippen molar-refractivity contribution < 1.29 is 13.2 Å². The lowest BCUT2D eigenvalue weighted by Crippen LogP contribution is -2.53. The highest BCUT2D eigenvalue weighted by atomic mass is 32.2. The van der Waals surface area contributed by atoms with E-state index in [2.05, 4.69) is 46.3 Å². The third-order valence-corrected chi connectivity index (χ3v) is 7.29. The fourth-order valence-corrected chi connectivity index (χ4v) is 4.71. The number of amides is 1. The molecular weight excluding hydrogens is 400 g/mol. The number of nitrogens with zero attached hydrogens (tertiary/aromatic N) is 3. The largest absolute Gasteiger partial charge is 0.369 e. The molecule has 30 heavy (non-hydrogen) atoms. The van der Waals surface area contributed by atoms with Crippen molar-refractivity contribution in [2.45, 2.75) is 17.9 Å². The van der Waals surface area contributed by atoms with Crippen LogP contribution < -0.4 is 10.2 Å². The Hall–Kier alpha value is -2.42. The zero-order chi connectivity index (χ0) is 21.6. The van der Waals surface area contributed by atoms with Gasteiger partial charge in [0.25, 0.3) is 0 Å². The minimum absolute atomic E-state index is 0.183. The maximum atomic E-state index is 12.5. The van der Waals surface area contributed by atoms with Gasteiger partial charge in [0.05, 0.1) is 11.4 Å². The molecule has 0 bridgehead atoms. The van der Waals surface area contributed by atoms with Crippen molar-refractivity contribution in [3.8, 4) is 0 Å². The van der Waals surface area contributed by atoms with Crippen molar-refractivity contribution in [2.75, 3.05) is 51.2 Å². The summed E-state index contributed by atoms with van der Waals surface area (Å²) in [6.45, 7) is 6.11. The van der Waals surface area contributed by atoms with E-state index < -0.39 is 10.0 Å². The lowest BCUT2D eigenvalue weighted by atomic mass is 10.2. The Morgan fingerprint density at radius 3 is 2.17 bits per heavy atom. The van der Waals surface area contributed by atoms with Crippen LogP contribution in [-0.2, 0) is 14.8 Å². The summed E-state index contributed by atoms with van der Waals surface area (Å²) >= 11 is 0. The van der Waals surface area contributed by atoms with Gasteiger partial charge in [0.15, 0.2) is 0 Å². The van der Waals surface area contributed by atoms with E-state index in [4.69, 9.17) is 0 Å². The SMILES string of the molecule is CC(CNC(=O)CN(C)S(=O)(=O)c1ccccc1)N1CCN(c2ccccc2)CC1. The minimum atomic E-state index is -3.67. The maximum absolute atomic E-state index is 12.5. The molecule has 7 nitrogen and oxygen atoms in total. The molecule has 0 saturated carbocycles. The number of benzene rings is 2. The normalized spacial score (nSPS) is 16.4. The molecule has 1 fully saturated rings. The van der Waals surface area contributed by atoms with E-state index in [1.54, 1.807) is 18.2 Å². The van der Waals surface area contributed by atoms with Gasteiger partial charge in [-0.1, -0.05) is 36.4 Å². The molecule has 1 N–H and O–H groups in total. The van der Waals surface area contributed by atoms with E-state index in [-0.39, 0.29) is 23.4 Å². The monoisotopic (exact) mass is 430 g/mol. The van der Waals surface area contributed by atoms with E-state index in [0.717, 1.165) is 30.5 Å². The van der Waals surface area contributed by atoms with Crippen LogP contribution in [-0.4, -0.2) is 75.9 Å². The van der Waals surface area contributed by atoms with Crippen LogP contribution >= 0.6 is 0 Å². The summed E-state index contributed by atoms with van der Waals surface area (Å²) in [6, 6.07) is 18.7. The molecule has 0 spiro atoms. The fourth-order valence-electron chi connectivity index (χ4n) is 3.57. The number of carbonyl (C=O) groups is 1. The highest BCUT2D eigenvalue weighted by Gasteiger charge is 2.24. The summed E-state index contributed by atoms with van der Waals surface area (Å²) in [5.41, 5.74) is 1.24. The lowest BCUT2D eigenvalue weighted by molar-refractivity contribution is -0.121. The van der Waals surface area contributed by atoms with Crippen LogP contribution in [0.3, 0.4) is 0 Å². The number of hydrogen-bond acceptors (Lipinski definition) is 5. The molecule has 1 atom stereocenters. The molecule has 1 saturated heterocycles. The number of para-hydroxylation sites is 1. The Labute approximate surface area is 179 Å². The van der Waals surface area contributed by atoms with Gasteiger partial charge in [-0.15, -0.1) is 0 Å². The van der Waals surface area contributed by atoms with Crippen LogP contribution in [0.15, 0.2) is 65.6 Å². The van der Waals surface area contributed by atoms with E-state index in [1.807, 2.05) is 6.07 Å². The molecule has 162 valence electrons. The molecule has 1 aliphatic heterocycles. The molecule has 8 heteroatoms. The Morgan fingerprint density at radius 1 is 1.00 bits per heavy atom. The highest BCUT2D eigenvalue weighted by molar-refractivity contribution is 7.89. The van der Waals surface area contributed by atoms with Crippen molar-refractivity contribution in [1.82, 2.24) is 14.5 Å². The predicted octanol–water partition coefficient (Wildman–Crippen LogP) is 1.63. The van der Waals surface area contributed by atoms with Gasteiger partial charge in [-0.25, -0.2) is 8.42 Å². The van der Waals surface area contributed by atoms with Crippen LogP contribution in [0, 0.1) is 0 Å². The number of likely N-dealkylation sites (N-methyl/N-ethyl adjacent to an activating group) is 1. The molecule has 2 aromatic rings. The number of hydrogen-bond donors (Lipinski definition) is 1. The van der Waals surface area contributed by atoms with E-state index in [1.165, 1.54) is 24.9 Å². The first kappa shape index (κ1) is 22.3. The number of anilines is 1. The van der Waals surface area contributed by atoms with Crippen molar-refractivity contribution >= 4 is 21.6 Å². The van der Waals surface area contributed by atoms with Crippen LogP contribution in [0.25, 0.3) is 0 Å². The second-order valence-corrected chi connectivity index (χ2v) is 9.63. The molecule has 0 aliphatic carbocycles. The number of carbonyl (C=O) groups excluding carboxylic acids is 1. The van der Waals surface area contributed by atoms with Gasteiger partial charge < -0.3 is 10.2 Å². The molecule has 1 amide bonds. The zero-order valence-electron chi connectivity index (χ0n) is 17.6. The minimum Gasteiger partial charge on any atom is -0.369 e.